The number of rotatable bonds is 3. The zero-order chi connectivity index (χ0) is 15.5. The third-order valence-electron chi connectivity index (χ3n) is 3.57. The van der Waals surface area contributed by atoms with Gasteiger partial charge in [0.1, 0.15) is 5.69 Å². The number of pyridine rings is 3. The van der Waals surface area contributed by atoms with E-state index in [-0.39, 0.29) is 0 Å². The first kappa shape index (κ1) is 13.4. The Morgan fingerprint density at radius 3 is 2.30 bits per heavy atom. The summed E-state index contributed by atoms with van der Waals surface area (Å²) in [5, 5.41) is 0. The molecule has 0 fully saturated rings. The van der Waals surface area contributed by atoms with Crippen LogP contribution in [-0.4, -0.2) is 15.0 Å². The van der Waals surface area contributed by atoms with Crippen LogP contribution in [0.25, 0.3) is 33.8 Å². The molecular formula is C19H13N3O. The summed E-state index contributed by atoms with van der Waals surface area (Å²) in [5.74, 6) is 0.742. The molecule has 4 heterocycles. The van der Waals surface area contributed by atoms with E-state index in [1.54, 1.807) is 24.9 Å². The lowest BCUT2D eigenvalue weighted by atomic mass is 10.0. The maximum absolute atomic E-state index is 5.51. The molecule has 0 amide bonds. The van der Waals surface area contributed by atoms with E-state index in [9.17, 15) is 0 Å². The van der Waals surface area contributed by atoms with Gasteiger partial charge in [-0.15, -0.1) is 0 Å². The van der Waals surface area contributed by atoms with Crippen LogP contribution < -0.4 is 0 Å². The molecule has 0 bridgehead atoms. The number of aromatic nitrogens is 3. The predicted octanol–water partition coefficient (Wildman–Crippen LogP) is 4.47. The van der Waals surface area contributed by atoms with E-state index in [0.717, 1.165) is 33.8 Å². The average Bonchev–Trinajstić information content (AvgIpc) is 3.18. The highest BCUT2D eigenvalue weighted by Gasteiger charge is 2.10. The maximum Gasteiger partial charge on any atom is 0.152 e. The lowest BCUT2D eigenvalue weighted by Gasteiger charge is -2.08. The molecule has 23 heavy (non-hydrogen) atoms. The van der Waals surface area contributed by atoms with E-state index in [4.69, 9.17) is 9.40 Å². The van der Waals surface area contributed by atoms with Crippen LogP contribution in [0.15, 0.2) is 84.0 Å². The summed E-state index contributed by atoms with van der Waals surface area (Å²) in [6, 6.07) is 15.7. The summed E-state index contributed by atoms with van der Waals surface area (Å²) in [6.07, 6.45) is 8.79. The highest BCUT2D eigenvalue weighted by atomic mass is 16.3. The van der Waals surface area contributed by atoms with Crippen molar-refractivity contribution in [3.8, 4) is 33.8 Å². The van der Waals surface area contributed by atoms with Gasteiger partial charge in [-0.2, -0.15) is 0 Å². The summed E-state index contributed by atoms with van der Waals surface area (Å²) in [4.78, 5) is 13.0. The third-order valence-corrected chi connectivity index (χ3v) is 3.57. The van der Waals surface area contributed by atoms with Crippen molar-refractivity contribution in [3.63, 3.8) is 0 Å². The van der Waals surface area contributed by atoms with Crippen LogP contribution in [0.1, 0.15) is 0 Å². The molecule has 0 aliphatic rings. The van der Waals surface area contributed by atoms with E-state index in [0.29, 0.717) is 0 Å². The minimum Gasteiger partial charge on any atom is -0.463 e. The molecule has 0 saturated heterocycles. The maximum atomic E-state index is 5.51. The van der Waals surface area contributed by atoms with Crippen LogP contribution in [-0.2, 0) is 0 Å². The molecule has 0 aliphatic heterocycles. The van der Waals surface area contributed by atoms with Crippen LogP contribution in [0.4, 0.5) is 0 Å². The van der Waals surface area contributed by atoms with Crippen LogP contribution >= 0.6 is 0 Å². The van der Waals surface area contributed by atoms with Crippen molar-refractivity contribution in [3.05, 3.63) is 79.6 Å². The Morgan fingerprint density at radius 1 is 0.696 bits per heavy atom. The fourth-order valence-corrected chi connectivity index (χ4v) is 2.45. The topological polar surface area (TPSA) is 51.8 Å². The molecule has 0 aliphatic carbocycles. The molecule has 0 radical (unpaired) electrons. The molecule has 4 aromatic rings. The van der Waals surface area contributed by atoms with Gasteiger partial charge in [-0.05, 0) is 48.0 Å². The van der Waals surface area contributed by atoms with Crippen LogP contribution in [0.2, 0.25) is 0 Å². The van der Waals surface area contributed by atoms with E-state index >= 15 is 0 Å². The molecule has 0 saturated carbocycles. The fraction of sp³-hybridized carbons (Fsp3) is 0. The Hall–Kier alpha value is -3.27. The zero-order valence-corrected chi connectivity index (χ0v) is 12.3. The number of hydrogen-bond acceptors (Lipinski definition) is 4. The number of nitrogens with zero attached hydrogens (tertiary/aromatic N) is 3. The van der Waals surface area contributed by atoms with Gasteiger partial charge in [0.05, 0.1) is 12.0 Å². The minimum atomic E-state index is 0.742. The molecule has 0 spiro atoms. The van der Waals surface area contributed by atoms with Crippen LogP contribution in [0.5, 0.6) is 0 Å². The summed E-state index contributed by atoms with van der Waals surface area (Å²) < 4.78 is 5.51. The lowest BCUT2D eigenvalue weighted by molar-refractivity contribution is 0.580. The summed E-state index contributed by atoms with van der Waals surface area (Å²) >= 11 is 0. The summed E-state index contributed by atoms with van der Waals surface area (Å²) in [6.45, 7) is 0. The molecule has 4 heteroatoms. The molecular weight excluding hydrogens is 286 g/mol. The van der Waals surface area contributed by atoms with Crippen molar-refractivity contribution in [2.45, 2.75) is 0 Å². The van der Waals surface area contributed by atoms with Crippen molar-refractivity contribution in [1.29, 1.82) is 0 Å². The second-order valence-electron chi connectivity index (χ2n) is 5.08. The molecule has 4 nitrogen and oxygen atoms in total. The van der Waals surface area contributed by atoms with Crippen molar-refractivity contribution < 1.29 is 4.42 Å². The molecule has 4 aromatic heterocycles. The van der Waals surface area contributed by atoms with Gasteiger partial charge in [0.25, 0.3) is 0 Å². The van der Waals surface area contributed by atoms with Gasteiger partial charge < -0.3 is 4.42 Å². The van der Waals surface area contributed by atoms with E-state index < -0.39 is 0 Å². The van der Waals surface area contributed by atoms with Gasteiger partial charge in [0.15, 0.2) is 5.76 Å². The normalized spacial score (nSPS) is 10.6. The van der Waals surface area contributed by atoms with Gasteiger partial charge in [0.2, 0.25) is 0 Å². The molecule has 0 aromatic carbocycles. The smallest absolute Gasteiger partial charge is 0.152 e. The monoisotopic (exact) mass is 299 g/mol. The first-order chi connectivity index (χ1) is 11.4. The van der Waals surface area contributed by atoms with Gasteiger partial charge >= 0.3 is 0 Å². The standard InChI is InChI=1S/C19H13N3O/c1-3-15(13-21-7-1)16-11-17(14-5-8-20-9-6-14)22-18(12-16)19-4-2-10-23-19/h1-13H. The predicted molar refractivity (Wildman–Crippen MR) is 88.4 cm³/mol. The molecule has 0 unspecified atom stereocenters. The summed E-state index contributed by atoms with van der Waals surface area (Å²) in [7, 11) is 0. The van der Waals surface area contributed by atoms with Gasteiger partial charge in [-0.25, -0.2) is 4.98 Å². The Bertz CT molecular complexity index is 846. The second-order valence-corrected chi connectivity index (χ2v) is 5.08. The second kappa shape index (κ2) is 5.85. The first-order valence-electron chi connectivity index (χ1n) is 7.27. The van der Waals surface area contributed by atoms with Crippen LogP contribution in [0.3, 0.4) is 0 Å². The quantitative estimate of drug-likeness (QED) is 0.560. The van der Waals surface area contributed by atoms with Crippen molar-refractivity contribution >= 4 is 0 Å². The van der Waals surface area contributed by atoms with Crippen molar-refractivity contribution in [2.75, 3.05) is 0 Å². The van der Waals surface area contributed by atoms with Gasteiger partial charge in [-0.1, -0.05) is 6.07 Å². The zero-order valence-electron chi connectivity index (χ0n) is 12.3. The van der Waals surface area contributed by atoms with Gasteiger partial charge in [-0.3, -0.25) is 9.97 Å². The highest BCUT2D eigenvalue weighted by Crippen LogP contribution is 2.29. The van der Waals surface area contributed by atoms with Crippen molar-refractivity contribution in [1.82, 2.24) is 15.0 Å². The Kier molecular flexibility index (Phi) is 3.41. The number of hydrogen-bond donors (Lipinski definition) is 0. The summed E-state index contributed by atoms with van der Waals surface area (Å²) in [5.41, 5.74) is 4.77. The van der Waals surface area contributed by atoms with Gasteiger partial charge in [0, 0.05) is 35.9 Å². The Morgan fingerprint density at radius 2 is 1.57 bits per heavy atom. The lowest BCUT2D eigenvalue weighted by Crippen LogP contribution is -1.90. The first-order valence-corrected chi connectivity index (χ1v) is 7.27. The molecule has 4 rings (SSSR count). The largest absolute Gasteiger partial charge is 0.463 e. The Balaban J connectivity index is 1.91. The highest BCUT2D eigenvalue weighted by molar-refractivity contribution is 5.74. The third kappa shape index (κ3) is 2.74. The Labute approximate surface area is 133 Å². The van der Waals surface area contributed by atoms with E-state index in [1.807, 2.05) is 48.7 Å². The minimum absolute atomic E-state index is 0.742. The SMILES string of the molecule is c1cncc(-c2cc(-c3ccncc3)nc(-c3ccco3)c2)c1. The number of furan rings is 1. The van der Waals surface area contributed by atoms with E-state index in [1.165, 1.54) is 0 Å². The van der Waals surface area contributed by atoms with Crippen molar-refractivity contribution in [2.24, 2.45) is 0 Å². The van der Waals surface area contributed by atoms with Crippen LogP contribution in [0, 0.1) is 0 Å². The average molecular weight is 299 g/mol. The molecule has 0 N–H and O–H groups in total. The molecule has 110 valence electrons. The molecule has 0 atom stereocenters. The van der Waals surface area contributed by atoms with E-state index in [2.05, 4.69) is 16.0 Å². The fourth-order valence-electron chi connectivity index (χ4n) is 2.45.